The maximum Gasteiger partial charge on any atom is 0.193 e. The van der Waals surface area contributed by atoms with Gasteiger partial charge in [0, 0.05) is 47.0 Å². The molecule has 154 valence electrons. The van der Waals surface area contributed by atoms with Crippen molar-refractivity contribution >= 4 is 29.9 Å². The van der Waals surface area contributed by atoms with Crippen molar-refractivity contribution in [1.82, 2.24) is 10.2 Å². The number of likely N-dealkylation sites (tertiary alicyclic amines) is 1. The van der Waals surface area contributed by atoms with Crippen LogP contribution in [0.1, 0.15) is 31.7 Å². The maximum atomic E-state index is 5.93. The highest BCUT2D eigenvalue weighted by Crippen LogP contribution is 2.15. The average molecular weight is 491 g/mol. The second-order valence-electron chi connectivity index (χ2n) is 6.38. The zero-order valence-corrected chi connectivity index (χ0v) is 19.1. The first kappa shape index (κ1) is 24.0. The number of nitrogens with zero attached hydrogens (tertiary/aromatic N) is 2. The second kappa shape index (κ2) is 14.0. The van der Waals surface area contributed by atoms with E-state index in [1.807, 2.05) is 26.1 Å². The number of guanidine groups is 1. The molecule has 27 heavy (non-hydrogen) atoms. The standard InChI is InChI=1S/C20H33N3O3.HI/c1-4-25-19-8-5-7-17(15-19)16-22-20(21-2)23-11-9-18(10-12-23)26-14-6-13-24-3;/h5,7-8,15,18H,4,6,9-14,16H2,1-3H3,(H,21,22);1H. The molecule has 7 heteroatoms. The summed E-state index contributed by atoms with van der Waals surface area (Å²) in [5.41, 5.74) is 1.19. The third-order valence-electron chi connectivity index (χ3n) is 4.46. The number of nitrogens with one attached hydrogen (secondary N) is 1. The molecule has 1 N–H and O–H groups in total. The SMILES string of the molecule is CCOc1cccc(CNC(=NC)N2CCC(OCCCOC)CC2)c1.I. The van der Waals surface area contributed by atoms with E-state index in [1.54, 1.807) is 7.11 Å². The molecule has 0 radical (unpaired) electrons. The number of aliphatic imine (C=N–C) groups is 1. The van der Waals surface area contributed by atoms with Gasteiger partial charge in [-0.1, -0.05) is 12.1 Å². The van der Waals surface area contributed by atoms with Crippen LogP contribution in [0.4, 0.5) is 0 Å². The van der Waals surface area contributed by atoms with Crippen LogP contribution in [0.25, 0.3) is 0 Å². The van der Waals surface area contributed by atoms with E-state index in [0.29, 0.717) is 12.7 Å². The molecule has 0 spiro atoms. The van der Waals surface area contributed by atoms with Crippen LogP contribution in [-0.2, 0) is 16.0 Å². The summed E-state index contributed by atoms with van der Waals surface area (Å²) in [5.74, 6) is 1.86. The maximum absolute atomic E-state index is 5.93. The van der Waals surface area contributed by atoms with Gasteiger partial charge in [0.1, 0.15) is 5.75 Å². The molecule has 0 aromatic heterocycles. The van der Waals surface area contributed by atoms with Gasteiger partial charge in [0.15, 0.2) is 5.96 Å². The summed E-state index contributed by atoms with van der Waals surface area (Å²) in [6.45, 7) is 6.89. The van der Waals surface area contributed by atoms with E-state index in [2.05, 4.69) is 27.3 Å². The van der Waals surface area contributed by atoms with Crippen LogP contribution < -0.4 is 10.1 Å². The smallest absolute Gasteiger partial charge is 0.193 e. The Hall–Kier alpha value is -1.06. The molecule has 1 aromatic rings. The summed E-state index contributed by atoms with van der Waals surface area (Å²) in [5, 5.41) is 3.46. The van der Waals surface area contributed by atoms with Crippen LogP contribution in [0, 0.1) is 0 Å². The first-order valence-corrected chi connectivity index (χ1v) is 9.54. The van der Waals surface area contributed by atoms with E-state index in [9.17, 15) is 0 Å². The third kappa shape index (κ3) is 8.66. The minimum atomic E-state index is 0. The van der Waals surface area contributed by atoms with Crippen molar-refractivity contribution in [2.75, 3.05) is 47.1 Å². The minimum absolute atomic E-state index is 0. The van der Waals surface area contributed by atoms with Gasteiger partial charge in [-0.05, 0) is 43.9 Å². The summed E-state index contributed by atoms with van der Waals surface area (Å²) in [6.07, 6.45) is 3.38. The molecule has 2 rings (SSSR count). The Balaban J connectivity index is 0.00000364. The van der Waals surface area contributed by atoms with Crippen LogP contribution >= 0.6 is 24.0 Å². The van der Waals surface area contributed by atoms with E-state index in [1.165, 1.54) is 5.56 Å². The molecule has 6 nitrogen and oxygen atoms in total. The van der Waals surface area contributed by atoms with Gasteiger partial charge in [0.05, 0.1) is 12.7 Å². The van der Waals surface area contributed by atoms with Crippen molar-refractivity contribution in [3.63, 3.8) is 0 Å². The number of hydrogen-bond donors (Lipinski definition) is 1. The summed E-state index contributed by atoms with van der Waals surface area (Å²) in [7, 11) is 3.57. The second-order valence-corrected chi connectivity index (χ2v) is 6.38. The molecule has 0 amide bonds. The fourth-order valence-corrected chi connectivity index (χ4v) is 3.11. The Morgan fingerprint density at radius 3 is 2.70 bits per heavy atom. The molecule has 1 saturated heterocycles. The summed E-state index contributed by atoms with van der Waals surface area (Å²) < 4.78 is 16.6. The summed E-state index contributed by atoms with van der Waals surface area (Å²) in [4.78, 5) is 6.75. The van der Waals surface area contributed by atoms with Crippen LogP contribution in [0.15, 0.2) is 29.3 Å². The largest absolute Gasteiger partial charge is 0.494 e. The zero-order valence-electron chi connectivity index (χ0n) is 16.8. The van der Waals surface area contributed by atoms with Crippen LogP contribution in [0.3, 0.4) is 0 Å². The van der Waals surface area contributed by atoms with E-state index in [0.717, 1.165) is 63.8 Å². The van der Waals surface area contributed by atoms with Crippen molar-refractivity contribution in [2.24, 2.45) is 4.99 Å². The van der Waals surface area contributed by atoms with Crippen LogP contribution in [0.2, 0.25) is 0 Å². The normalized spacial score (nSPS) is 15.4. The Labute approximate surface area is 180 Å². The predicted octanol–water partition coefficient (Wildman–Crippen LogP) is 3.30. The van der Waals surface area contributed by atoms with Gasteiger partial charge in [-0.3, -0.25) is 4.99 Å². The molecule has 0 aliphatic carbocycles. The van der Waals surface area contributed by atoms with Gasteiger partial charge < -0.3 is 24.4 Å². The van der Waals surface area contributed by atoms with Crippen molar-refractivity contribution in [3.8, 4) is 5.75 Å². The first-order valence-electron chi connectivity index (χ1n) is 9.54. The average Bonchev–Trinajstić information content (AvgIpc) is 2.67. The molecule has 0 saturated carbocycles. The van der Waals surface area contributed by atoms with E-state index >= 15 is 0 Å². The lowest BCUT2D eigenvalue weighted by Gasteiger charge is -2.34. The van der Waals surface area contributed by atoms with Crippen molar-refractivity contribution in [3.05, 3.63) is 29.8 Å². The quantitative estimate of drug-likeness (QED) is 0.249. The Morgan fingerprint density at radius 1 is 1.26 bits per heavy atom. The Kier molecular flexibility index (Phi) is 12.4. The molecule has 1 aliphatic rings. The van der Waals surface area contributed by atoms with Gasteiger partial charge >= 0.3 is 0 Å². The highest BCUT2D eigenvalue weighted by molar-refractivity contribution is 14.0. The monoisotopic (exact) mass is 491 g/mol. The number of hydrogen-bond acceptors (Lipinski definition) is 4. The summed E-state index contributed by atoms with van der Waals surface area (Å²) >= 11 is 0. The first-order chi connectivity index (χ1) is 12.8. The zero-order chi connectivity index (χ0) is 18.6. The molecular formula is C20H34IN3O3. The molecule has 0 bridgehead atoms. The molecular weight excluding hydrogens is 457 g/mol. The lowest BCUT2D eigenvalue weighted by Crippen LogP contribution is -2.46. The van der Waals surface area contributed by atoms with Gasteiger partial charge in [-0.25, -0.2) is 0 Å². The lowest BCUT2D eigenvalue weighted by atomic mass is 10.1. The van der Waals surface area contributed by atoms with E-state index in [-0.39, 0.29) is 24.0 Å². The number of methoxy groups -OCH3 is 1. The molecule has 0 unspecified atom stereocenters. The number of ether oxygens (including phenoxy) is 3. The van der Waals surface area contributed by atoms with Crippen LogP contribution in [-0.4, -0.2) is 64.0 Å². The van der Waals surface area contributed by atoms with E-state index < -0.39 is 0 Å². The summed E-state index contributed by atoms with van der Waals surface area (Å²) in [6, 6.07) is 8.18. The highest BCUT2D eigenvalue weighted by atomic mass is 127. The minimum Gasteiger partial charge on any atom is -0.494 e. The highest BCUT2D eigenvalue weighted by Gasteiger charge is 2.21. The lowest BCUT2D eigenvalue weighted by molar-refractivity contribution is 0.00989. The number of benzene rings is 1. The molecule has 0 atom stereocenters. The van der Waals surface area contributed by atoms with Gasteiger partial charge in [-0.2, -0.15) is 0 Å². The van der Waals surface area contributed by atoms with E-state index in [4.69, 9.17) is 14.2 Å². The van der Waals surface area contributed by atoms with Gasteiger partial charge in [0.2, 0.25) is 0 Å². The topological polar surface area (TPSA) is 55.3 Å². The molecule has 1 aromatic carbocycles. The van der Waals surface area contributed by atoms with Crippen LogP contribution in [0.5, 0.6) is 5.75 Å². The predicted molar refractivity (Wildman–Crippen MR) is 120 cm³/mol. The number of halogens is 1. The Morgan fingerprint density at radius 2 is 2.04 bits per heavy atom. The fourth-order valence-electron chi connectivity index (χ4n) is 3.11. The third-order valence-corrected chi connectivity index (χ3v) is 4.46. The van der Waals surface area contributed by atoms with Crippen molar-refractivity contribution in [2.45, 2.75) is 38.8 Å². The van der Waals surface area contributed by atoms with Gasteiger partial charge in [-0.15, -0.1) is 24.0 Å². The molecule has 1 heterocycles. The molecule has 1 aliphatic heterocycles. The number of piperidine rings is 1. The van der Waals surface area contributed by atoms with Crippen molar-refractivity contribution < 1.29 is 14.2 Å². The molecule has 1 fully saturated rings. The fraction of sp³-hybridized carbons (Fsp3) is 0.650. The number of rotatable bonds is 9. The van der Waals surface area contributed by atoms with Crippen molar-refractivity contribution in [1.29, 1.82) is 0 Å². The van der Waals surface area contributed by atoms with Gasteiger partial charge in [0.25, 0.3) is 0 Å². The Bertz CT molecular complexity index is 549.